The second-order valence-corrected chi connectivity index (χ2v) is 12.7. The first-order valence-electron chi connectivity index (χ1n) is 16.3. The minimum atomic E-state index is 1.01. The maximum absolute atomic E-state index is 5.06. The Hall–Kier alpha value is -6.52. The van der Waals surface area contributed by atoms with E-state index in [0.717, 1.165) is 28.0 Å². The highest BCUT2D eigenvalue weighted by atomic mass is 15.0. The van der Waals surface area contributed by atoms with Crippen LogP contribution in [0, 0.1) is 0 Å². The topological polar surface area (TPSA) is 35.6 Å². The number of pyridine rings is 2. The van der Waals surface area contributed by atoms with Crippen LogP contribution in [0.15, 0.2) is 158 Å². The fourth-order valence-corrected chi connectivity index (χ4v) is 8.06. The molecule has 0 radical (unpaired) electrons. The monoisotopic (exact) mass is 610 g/mol. The van der Waals surface area contributed by atoms with E-state index < -0.39 is 0 Å². The van der Waals surface area contributed by atoms with Crippen molar-refractivity contribution in [3.05, 3.63) is 158 Å². The number of fused-ring (bicyclic) bond motifs is 9. The molecule has 0 unspecified atom stereocenters. The molecule has 6 aromatic carbocycles. The molecule has 0 aliphatic heterocycles. The van der Waals surface area contributed by atoms with Gasteiger partial charge >= 0.3 is 0 Å². The number of para-hydroxylation sites is 3. The van der Waals surface area contributed by atoms with Crippen molar-refractivity contribution in [2.75, 3.05) is 0 Å². The Morgan fingerprint density at radius 1 is 0.396 bits per heavy atom. The van der Waals surface area contributed by atoms with Crippen LogP contribution in [0.3, 0.4) is 0 Å². The summed E-state index contributed by atoms with van der Waals surface area (Å²) in [6.07, 6.45) is 3.91. The molecule has 0 saturated carbocycles. The van der Waals surface area contributed by atoms with E-state index in [0.29, 0.717) is 0 Å². The minimum Gasteiger partial charge on any atom is -0.309 e. The Balaban J connectivity index is 1.10. The zero-order valence-corrected chi connectivity index (χ0v) is 25.8. The number of benzene rings is 6. The molecule has 10 aromatic rings. The van der Waals surface area contributed by atoms with E-state index in [1.807, 2.05) is 12.4 Å². The van der Waals surface area contributed by atoms with Crippen molar-refractivity contribution < 1.29 is 0 Å². The van der Waals surface area contributed by atoms with Gasteiger partial charge in [0.15, 0.2) is 0 Å². The van der Waals surface area contributed by atoms with Crippen molar-refractivity contribution in [2.45, 2.75) is 0 Å². The van der Waals surface area contributed by atoms with E-state index in [4.69, 9.17) is 4.98 Å². The van der Waals surface area contributed by atoms with Crippen LogP contribution < -0.4 is 0 Å². The van der Waals surface area contributed by atoms with E-state index in [2.05, 4.69) is 160 Å². The number of hydrogen-bond acceptors (Lipinski definition) is 2. The predicted molar refractivity (Wildman–Crippen MR) is 198 cm³/mol. The predicted octanol–water partition coefficient (Wildman–Crippen LogP) is 11.1. The Kier molecular flexibility index (Phi) is 5.08. The van der Waals surface area contributed by atoms with Crippen molar-refractivity contribution in [3.63, 3.8) is 0 Å². The quantitative estimate of drug-likeness (QED) is 0.199. The van der Waals surface area contributed by atoms with Gasteiger partial charge in [-0.2, -0.15) is 0 Å². The van der Waals surface area contributed by atoms with E-state index in [9.17, 15) is 0 Å². The Morgan fingerprint density at radius 2 is 1.02 bits per heavy atom. The molecule has 1 aliphatic carbocycles. The van der Waals surface area contributed by atoms with Crippen LogP contribution in [0.25, 0.3) is 99.4 Å². The maximum Gasteiger partial charge on any atom is 0.0789 e. The van der Waals surface area contributed by atoms with Gasteiger partial charge < -0.3 is 9.13 Å². The third-order valence-electron chi connectivity index (χ3n) is 10.1. The number of nitrogens with zero attached hydrogens (tertiary/aromatic N) is 4. The molecule has 48 heavy (non-hydrogen) atoms. The number of hydrogen-bond donors (Lipinski definition) is 0. The summed E-state index contributed by atoms with van der Waals surface area (Å²) < 4.78 is 4.73. The molecule has 4 aromatic heterocycles. The summed E-state index contributed by atoms with van der Waals surface area (Å²) in [4.78, 5) is 9.69. The first-order chi connectivity index (χ1) is 23.8. The van der Waals surface area contributed by atoms with Crippen LogP contribution in [0.1, 0.15) is 0 Å². The molecule has 0 atom stereocenters. The summed E-state index contributed by atoms with van der Waals surface area (Å²) in [6.45, 7) is 0. The highest BCUT2D eigenvalue weighted by Gasteiger charge is 2.24. The first-order valence-corrected chi connectivity index (χ1v) is 16.3. The SMILES string of the molecule is c1ccc(-n2c3ccccc3c3cc(-c4ccc5c(c4)c4ccccc4n5-c4cnc5c(c4)-c4cccc6nccc-5c46)ccc32)cc1. The number of rotatable bonds is 3. The van der Waals surface area contributed by atoms with Crippen LogP contribution in [-0.2, 0) is 0 Å². The van der Waals surface area contributed by atoms with Crippen LogP contribution in [0.4, 0.5) is 0 Å². The Morgan fingerprint density at radius 3 is 1.73 bits per heavy atom. The fraction of sp³-hybridized carbons (Fsp3) is 0. The van der Waals surface area contributed by atoms with Gasteiger partial charge in [-0.15, -0.1) is 0 Å². The van der Waals surface area contributed by atoms with Crippen molar-refractivity contribution >= 4 is 54.5 Å². The Labute approximate surface area is 275 Å². The van der Waals surface area contributed by atoms with Gasteiger partial charge in [0.1, 0.15) is 0 Å². The average Bonchev–Trinajstić information content (AvgIpc) is 3.78. The van der Waals surface area contributed by atoms with Gasteiger partial charge in [0.2, 0.25) is 0 Å². The highest BCUT2D eigenvalue weighted by Crippen LogP contribution is 2.46. The van der Waals surface area contributed by atoms with Crippen LogP contribution in [-0.4, -0.2) is 19.1 Å². The molecule has 1 aliphatic rings. The molecule has 4 heteroatoms. The lowest BCUT2D eigenvalue weighted by Gasteiger charge is -2.11. The van der Waals surface area contributed by atoms with E-state index in [1.54, 1.807) is 0 Å². The normalized spacial score (nSPS) is 12.2. The third-order valence-corrected chi connectivity index (χ3v) is 10.1. The maximum atomic E-state index is 5.06. The van der Waals surface area contributed by atoms with Crippen molar-refractivity contribution in [2.24, 2.45) is 0 Å². The lowest BCUT2D eigenvalue weighted by atomic mass is 10.0. The van der Waals surface area contributed by atoms with Gasteiger partial charge in [0.25, 0.3) is 0 Å². The van der Waals surface area contributed by atoms with Crippen molar-refractivity contribution in [1.82, 2.24) is 19.1 Å². The molecule has 222 valence electrons. The first kappa shape index (κ1) is 25.6. The Bertz CT molecular complexity index is 2940. The van der Waals surface area contributed by atoms with Crippen LogP contribution >= 0.6 is 0 Å². The van der Waals surface area contributed by atoms with Gasteiger partial charge in [0, 0.05) is 49.9 Å². The zero-order valence-electron chi connectivity index (χ0n) is 25.8. The summed E-state index contributed by atoms with van der Waals surface area (Å²) in [7, 11) is 0. The summed E-state index contributed by atoms with van der Waals surface area (Å²) in [6, 6.07) is 52.6. The molecule has 0 spiro atoms. The van der Waals surface area contributed by atoms with Gasteiger partial charge in [-0.3, -0.25) is 9.97 Å². The van der Waals surface area contributed by atoms with Crippen molar-refractivity contribution in [1.29, 1.82) is 0 Å². The van der Waals surface area contributed by atoms with Gasteiger partial charge in [0.05, 0.1) is 45.2 Å². The minimum absolute atomic E-state index is 1.01. The summed E-state index contributed by atoms with van der Waals surface area (Å²) in [5, 5.41) is 6.16. The highest BCUT2D eigenvalue weighted by molar-refractivity contribution is 6.15. The molecular formula is C44H26N4. The summed E-state index contributed by atoms with van der Waals surface area (Å²) in [5.74, 6) is 0. The second kappa shape index (κ2) is 9.50. The van der Waals surface area contributed by atoms with Gasteiger partial charge in [-0.25, -0.2) is 0 Å². The molecular weight excluding hydrogens is 585 g/mol. The molecule has 0 bridgehead atoms. The smallest absolute Gasteiger partial charge is 0.0789 e. The summed E-state index contributed by atoms with van der Waals surface area (Å²) in [5.41, 5.74) is 14.9. The van der Waals surface area contributed by atoms with Crippen molar-refractivity contribution in [3.8, 4) is 44.9 Å². The zero-order chi connectivity index (χ0) is 31.3. The molecule has 11 rings (SSSR count). The summed E-state index contributed by atoms with van der Waals surface area (Å²) >= 11 is 0. The molecule has 0 N–H and O–H groups in total. The van der Waals surface area contributed by atoms with Gasteiger partial charge in [-0.05, 0) is 83.4 Å². The van der Waals surface area contributed by atoms with E-state index in [1.165, 1.54) is 71.4 Å². The number of aromatic nitrogens is 4. The molecule has 0 fully saturated rings. The molecule has 4 nitrogen and oxygen atoms in total. The fourth-order valence-electron chi connectivity index (χ4n) is 8.06. The standard InChI is InChI=1S/C44H26N4/c1-2-9-29(10-3-1)47-39-15-6-4-11-31(39)35-23-27(17-19-41(35)47)28-18-20-42-36(24-28)32-12-5-7-16-40(32)48(42)30-25-37-33-13-8-14-38-43(33)34(21-22-45-38)44(37)46-26-30/h1-26H. The second-order valence-electron chi connectivity index (χ2n) is 12.7. The van der Waals surface area contributed by atoms with E-state index >= 15 is 0 Å². The lowest BCUT2D eigenvalue weighted by molar-refractivity contribution is 1.15. The lowest BCUT2D eigenvalue weighted by Crippen LogP contribution is -1.96. The van der Waals surface area contributed by atoms with Gasteiger partial charge in [-0.1, -0.05) is 78.9 Å². The molecule has 0 amide bonds. The van der Waals surface area contributed by atoms with E-state index in [-0.39, 0.29) is 0 Å². The third kappa shape index (κ3) is 3.43. The average molecular weight is 611 g/mol. The largest absolute Gasteiger partial charge is 0.309 e. The van der Waals surface area contributed by atoms with Crippen LogP contribution in [0.2, 0.25) is 0 Å². The van der Waals surface area contributed by atoms with Crippen LogP contribution in [0.5, 0.6) is 0 Å². The molecule has 0 saturated heterocycles. The molecule has 4 heterocycles.